The summed E-state index contributed by atoms with van der Waals surface area (Å²) in [6.07, 6.45) is 1.46. The highest BCUT2D eigenvalue weighted by Gasteiger charge is 2.30. The van der Waals surface area contributed by atoms with E-state index in [2.05, 4.69) is 15.1 Å². The molecule has 0 unspecified atom stereocenters. The van der Waals surface area contributed by atoms with Crippen LogP contribution in [-0.2, 0) is 9.84 Å². The Hall–Kier alpha value is -2.88. The van der Waals surface area contributed by atoms with E-state index in [1.165, 1.54) is 12.3 Å². The smallest absolute Gasteiger partial charge is 0.390 e. The number of nitro groups is 1. The van der Waals surface area contributed by atoms with Gasteiger partial charge in [0.2, 0.25) is 0 Å². The van der Waals surface area contributed by atoms with Crippen LogP contribution in [0.2, 0.25) is 0 Å². The number of rotatable bonds is 3. The zero-order valence-corrected chi connectivity index (χ0v) is 11.1. The van der Waals surface area contributed by atoms with Gasteiger partial charge in [0.05, 0.1) is 5.52 Å². The van der Waals surface area contributed by atoms with Gasteiger partial charge in [-0.15, -0.1) is 5.10 Å². The van der Waals surface area contributed by atoms with Crippen LogP contribution in [0.25, 0.3) is 10.9 Å². The summed E-state index contributed by atoms with van der Waals surface area (Å²) in [6, 6.07) is 8.00. The van der Waals surface area contributed by atoms with E-state index in [1.807, 2.05) is 5.10 Å². The predicted molar refractivity (Wildman–Crippen MR) is 70.2 cm³/mol. The number of fused-ring (bicyclic) bond motifs is 1. The lowest BCUT2D eigenvalue weighted by atomic mass is 10.2. The molecule has 0 aliphatic heterocycles. The molecule has 0 spiro atoms. The highest BCUT2D eigenvalue weighted by atomic mass is 32.2. The highest BCUT2D eigenvalue weighted by Crippen LogP contribution is 2.25. The van der Waals surface area contributed by atoms with Gasteiger partial charge in [0, 0.05) is 11.6 Å². The van der Waals surface area contributed by atoms with Gasteiger partial charge in [-0.3, -0.25) is 4.98 Å². The Morgan fingerprint density at radius 3 is 2.67 bits per heavy atom. The Balaban J connectivity index is 2.22. The second kappa shape index (κ2) is 4.59. The molecular formula is C11H7N5O4S. The van der Waals surface area contributed by atoms with Crippen LogP contribution in [-0.4, -0.2) is 33.5 Å². The van der Waals surface area contributed by atoms with Gasteiger partial charge in [0.25, 0.3) is 9.84 Å². The fraction of sp³-hybridized carbons (Fsp3) is 0. The predicted octanol–water partition coefficient (Wildman–Crippen LogP) is 1.09. The molecule has 3 aromatic rings. The van der Waals surface area contributed by atoms with E-state index in [0.717, 1.165) is 0 Å². The van der Waals surface area contributed by atoms with Gasteiger partial charge in [0.1, 0.15) is 4.90 Å². The lowest BCUT2D eigenvalue weighted by Crippen LogP contribution is -2.06. The molecule has 0 aliphatic carbocycles. The fourth-order valence-corrected chi connectivity index (χ4v) is 3.08. The van der Waals surface area contributed by atoms with Crippen LogP contribution in [0.15, 0.2) is 46.6 Å². The number of H-pyrrole nitrogens is 1. The van der Waals surface area contributed by atoms with E-state index in [1.54, 1.807) is 24.3 Å². The summed E-state index contributed by atoms with van der Waals surface area (Å²) < 4.78 is 25.0. The Morgan fingerprint density at radius 1 is 1.19 bits per heavy atom. The normalized spacial score (nSPS) is 11.6. The van der Waals surface area contributed by atoms with E-state index < -0.39 is 25.9 Å². The third-order valence-electron chi connectivity index (χ3n) is 2.75. The molecule has 0 aliphatic rings. The molecule has 2 aromatic heterocycles. The van der Waals surface area contributed by atoms with Crippen molar-refractivity contribution in [3.63, 3.8) is 0 Å². The summed E-state index contributed by atoms with van der Waals surface area (Å²) in [6.45, 7) is 0. The first-order valence-corrected chi connectivity index (χ1v) is 7.14. The fourth-order valence-electron chi connectivity index (χ4n) is 1.83. The molecule has 0 bridgehead atoms. The van der Waals surface area contributed by atoms with E-state index in [4.69, 9.17) is 0 Å². The second-order valence-corrected chi connectivity index (χ2v) is 5.85. The minimum atomic E-state index is -4.10. The molecule has 2 heterocycles. The van der Waals surface area contributed by atoms with Crippen molar-refractivity contribution in [2.75, 3.05) is 0 Å². The quantitative estimate of drug-likeness (QED) is 0.565. The average molecular weight is 305 g/mol. The Morgan fingerprint density at radius 2 is 1.95 bits per heavy atom. The Bertz CT molecular complexity index is 945. The number of para-hydroxylation sites is 1. The van der Waals surface area contributed by atoms with Gasteiger partial charge in [-0.2, -0.15) is 0 Å². The molecule has 106 valence electrons. The third kappa shape index (κ3) is 2.10. The van der Waals surface area contributed by atoms with Crippen LogP contribution in [0.4, 0.5) is 5.95 Å². The zero-order valence-electron chi connectivity index (χ0n) is 10.3. The number of benzene rings is 1. The van der Waals surface area contributed by atoms with E-state index in [9.17, 15) is 18.5 Å². The van der Waals surface area contributed by atoms with Crippen molar-refractivity contribution in [1.82, 2.24) is 20.2 Å². The maximum absolute atomic E-state index is 12.5. The summed E-state index contributed by atoms with van der Waals surface area (Å²) in [4.78, 5) is 17.0. The van der Waals surface area contributed by atoms with Crippen LogP contribution in [0, 0.1) is 10.1 Å². The van der Waals surface area contributed by atoms with Crippen LogP contribution in [0.1, 0.15) is 0 Å². The molecule has 9 nitrogen and oxygen atoms in total. The minimum absolute atomic E-state index is 0.102. The lowest BCUT2D eigenvalue weighted by Gasteiger charge is -2.02. The van der Waals surface area contributed by atoms with Gasteiger partial charge in [-0.05, 0) is 22.0 Å². The van der Waals surface area contributed by atoms with Gasteiger partial charge in [-0.25, -0.2) is 8.42 Å². The minimum Gasteiger partial charge on any atom is -0.390 e. The first kappa shape index (κ1) is 13.1. The molecule has 0 radical (unpaired) electrons. The maximum Gasteiger partial charge on any atom is 0.454 e. The molecule has 3 rings (SSSR count). The van der Waals surface area contributed by atoms with Crippen molar-refractivity contribution in [2.24, 2.45) is 0 Å². The molecule has 1 aromatic carbocycles. The molecule has 1 N–H and O–H groups in total. The van der Waals surface area contributed by atoms with Gasteiger partial charge >= 0.3 is 11.1 Å². The second-order valence-electron chi connectivity index (χ2n) is 4.03. The summed E-state index contributed by atoms with van der Waals surface area (Å²) >= 11 is 0. The standard InChI is InChI=1S/C11H7N5O4S/c17-16(18)10-13-11(15-14-10)21(19,20)8-5-1-3-7-4-2-6-12-9(7)8/h1-6H,(H,13,14,15). The summed E-state index contributed by atoms with van der Waals surface area (Å²) in [5.74, 6) is -0.734. The van der Waals surface area contributed by atoms with E-state index in [-0.39, 0.29) is 10.4 Å². The highest BCUT2D eigenvalue weighted by molar-refractivity contribution is 7.91. The topological polar surface area (TPSA) is 132 Å². The van der Waals surface area contributed by atoms with Crippen LogP contribution in [0.5, 0.6) is 0 Å². The molecule has 0 amide bonds. The lowest BCUT2D eigenvalue weighted by molar-refractivity contribution is -0.394. The summed E-state index contributed by atoms with van der Waals surface area (Å²) in [7, 11) is -4.10. The van der Waals surface area contributed by atoms with Crippen molar-refractivity contribution in [3.8, 4) is 0 Å². The number of aromatic amines is 1. The van der Waals surface area contributed by atoms with Gasteiger partial charge in [0.15, 0.2) is 0 Å². The number of aromatic nitrogens is 4. The van der Waals surface area contributed by atoms with Crippen molar-refractivity contribution in [1.29, 1.82) is 0 Å². The van der Waals surface area contributed by atoms with Crippen LogP contribution in [0.3, 0.4) is 0 Å². The third-order valence-corrected chi connectivity index (χ3v) is 4.32. The first-order chi connectivity index (χ1) is 10.00. The van der Waals surface area contributed by atoms with Crippen molar-refractivity contribution in [3.05, 3.63) is 46.6 Å². The number of hydrogen-bond donors (Lipinski definition) is 1. The number of nitrogens with one attached hydrogen (secondary N) is 1. The van der Waals surface area contributed by atoms with Crippen molar-refractivity contribution < 1.29 is 13.3 Å². The largest absolute Gasteiger partial charge is 0.454 e. The Labute approximate surface area is 117 Å². The molecule has 0 atom stereocenters. The molecular weight excluding hydrogens is 298 g/mol. The molecule has 21 heavy (non-hydrogen) atoms. The van der Waals surface area contributed by atoms with Crippen molar-refractivity contribution in [2.45, 2.75) is 10.1 Å². The zero-order chi connectivity index (χ0) is 15.0. The summed E-state index contributed by atoms with van der Waals surface area (Å²) in [5, 5.41) is 15.9. The number of pyridine rings is 1. The number of hydrogen-bond acceptors (Lipinski definition) is 7. The molecule has 0 saturated carbocycles. The molecule has 0 saturated heterocycles. The SMILES string of the molecule is O=[N+]([O-])c1nc(S(=O)(=O)c2cccc3cccnc23)n[nH]1. The van der Waals surface area contributed by atoms with Gasteiger partial charge in [-0.1, -0.05) is 23.3 Å². The van der Waals surface area contributed by atoms with E-state index in [0.29, 0.717) is 5.39 Å². The molecule has 0 fully saturated rings. The summed E-state index contributed by atoms with van der Waals surface area (Å²) in [5.41, 5.74) is 0.257. The average Bonchev–Trinajstić information content (AvgIpc) is 2.97. The van der Waals surface area contributed by atoms with Crippen LogP contribution >= 0.6 is 0 Å². The maximum atomic E-state index is 12.5. The van der Waals surface area contributed by atoms with Gasteiger partial charge < -0.3 is 10.1 Å². The monoisotopic (exact) mass is 305 g/mol. The first-order valence-electron chi connectivity index (χ1n) is 5.66. The molecule has 10 heteroatoms. The van der Waals surface area contributed by atoms with Crippen molar-refractivity contribution >= 4 is 26.7 Å². The number of nitrogens with zero attached hydrogens (tertiary/aromatic N) is 4. The van der Waals surface area contributed by atoms with Crippen LogP contribution < -0.4 is 0 Å². The van der Waals surface area contributed by atoms with E-state index >= 15 is 0 Å². The number of sulfone groups is 1. The Kier molecular flexibility index (Phi) is 2.87.